The molecule has 1 aromatic rings. The van der Waals surface area contributed by atoms with E-state index >= 15 is 0 Å². The Morgan fingerprint density at radius 1 is 1.28 bits per heavy atom. The molecule has 1 heterocycles. The molecule has 96 valence electrons. The van der Waals surface area contributed by atoms with Gasteiger partial charge in [0.1, 0.15) is 0 Å². The number of nitrogens with zero attached hydrogens (tertiary/aromatic N) is 1. The number of hydrogen-bond acceptors (Lipinski definition) is 2. The summed E-state index contributed by atoms with van der Waals surface area (Å²) in [5.74, 6) is 0. The van der Waals surface area contributed by atoms with E-state index in [2.05, 4.69) is 50.0 Å². The van der Waals surface area contributed by atoms with Gasteiger partial charge in [-0.15, -0.1) is 0 Å². The Labute approximate surface area is 114 Å². The van der Waals surface area contributed by atoms with Crippen molar-refractivity contribution >= 4 is 17.3 Å². The zero-order valence-corrected chi connectivity index (χ0v) is 11.9. The van der Waals surface area contributed by atoms with Crippen LogP contribution in [0.1, 0.15) is 44.7 Å². The molecule has 3 heteroatoms. The van der Waals surface area contributed by atoms with E-state index in [1.165, 1.54) is 5.56 Å². The van der Waals surface area contributed by atoms with E-state index in [1.807, 2.05) is 6.07 Å². The molecule has 0 bridgehead atoms. The van der Waals surface area contributed by atoms with Gasteiger partial charge in [0, 0.05) is 10.7 Å². The van der Waals surface area contributed by atoms with Gasteiger partial charge in [-0.2, -0.15) is 5.10 Å². The molecule has 0 aromatic heterocycles. The van der Waals surface area contributed by atoms with Gasteiger partial charge in [-0.05, 0) is 35.4 Å². The molecule has 0 unspecified atom stereocenters. The topological polar surface area (TPSA) is 24.4 Å². The molecule has 1 aromatic carbocycles. The summed E-state index contributed by atoms with van der Waals surface area (Å²) in [5.41, 5.74) is 7.28. The van der Waals surface area contributed by atoms with Gasteiger partial charge in [-0.3, -0.25) is 5.43 Å². The molecule has 0 radical (unpaired) electrons. The van der Waals surface area contributed by atoms with Crippen LogP contribution in [0.3, 0.4) is 0 Å². The average molecular weight is 263 g/mol. The van der Waals surface area contributed by atoms with Crippen LogP contribution in [0.4, 0.5) is 0 Å². The Morgan fingerprint density at radius 2 is 2.00 bits per heavy atom. The van der Waals surface area contributed by atoms with Crippen molar-refractivity contribution in [2.24, 2.45) is 5.10 Å². The summed E-state index contributed by atoms with van der Waals surface area (Å²) in [6, 6.07) is 6.21. The summed E-state index contributed by atoms with van der Waals surface area (Å²) in [6.07, 6.45) is 1.84. The smallest absolute Gasteiger partial charge is 0.0683 e. The average Bonchev–Trinajstić information content (AvgIpc) is 2.28. The van der Waals surface area contributed by atoms with Crippen molar-refractivity contribution in [1.29, 1.82) is 0 Å². The van der Waals surface area contributed by atoms with Crippen LogP contribution in [0.15, 0.2) is 35.6 Å². The molecule has 0 saturated carbocycles. The third-order valence-electron chi connectivity index (χ3n) is 3.12. The van der Waals surface area contributed by atoms with E-state index in [0.29, 0.717) is 0 Å². The van der Waals surface area contributed by atoms with Crippen LogP contribution in [0.25, 0.3) is 0 Å². The van der Waals surface area contributed by atoms with Gasteiger partial charge in [0.15, 0.2) is 0 Å². The Balaban J connectivity index is 2.32. The Kier molecular flexibility index (Phi) is 3.49. The molecule has 0 saturated heterocycles. The standard InChI is InChI=1S/C15H19ClN2/c1-10-5-8-14(18-17-10)11-6-7-12(13(16)9-11)15(2,3)4/h6-7,9,17H,1,5,8H2,2-4H3. The molecule has 2 nitrogen and oxygen atoms in total. The second-order valence-corrected chi connectivity index (χ2v) is 6.13. The van der Waals surface area contributed by atoms with Crippen molar-refractivity contribution in [2.45, 2.75) is 39.0 Å². The second-order valence-electron chi connectivity index (χ2n) is 5.72. The lowest BCUT2D eigenvalue weighted by Gasteiger charge is -2.22. The third kappa shape index (κ3) is 2.75. The molecular weight excluding hydrogens is 244 g/mol. The fourth-order valence-electron chi connectivity index (χ4n) is 2.04. The lowest BCUT2D eigenvalue weighted by atomic mass is 9.86. The van der Waals surface area contributed by atoms with Crippen LogP contribution in [0, 0.1) is 0 Å². The normalized spacial score (nSPS) is 16.2. The van der Waals surface area contributed by atoms with E-state index in [-0.39, 0.29) is 5.41 Å². The minimum atomic E-state index is 0.0660. The minimum absolute atomic E-state index is 0.0660. The first-order valence-corrected chi connectivity index (χ1v) is 6.56. The Morgan fingerprint density at radius 3 is 2.50 bits per heavy atom. The van der Waals surface area contributed by atoms with E-state index in [4.69, 9.17) is 11.6 Å². The van der Waals surface area contributed by atoms with Gasteiger partial charge in [-0.25, -0.2) is 0 Å². The zero-order chi connectivity index (χ0) is 13.3. The Hall–Kier alpha value is -1.28. The maximum absolute atomic E-state index is 6.37. The monoisotopic (exact) mass is 262 g/mol. The first kappa shape index (κ1) is 13.2. The number of hydrogen-bond donors (Lipinski definition) is 1. The van der Waals surface area contributed by atoms with Crippen LogP contribution < -0.4 is 5.43 Å². The molecule has 18 heavy (non-hydrogen) atoms. The lowest BCUT2D eigenvalue weighted by molar-refractivity contribution is 0.590. The number of rotatable bonds is 1. The highest BCUT2D eigenvalue weighted by molar-refractivity contribution is 6.32. The SMILES string of the molecule is C=C1CCC(c2ccc(C(C)(C)C)c(Cl)c2)=NN1. The van der Waals surface area contributed by atoms with Gasteiger partial charge in [-0.1, -0.05) is 51.1 Å². The van der Waals surface area contributed by atoms with Crippen molar-refractivity contribution < 1.29 is 0 Å². The number of nitrogens with one attached hydrogen (secondary N) is 1. The number of hydrazone groups is 1. The van der Waals surface area contributed by atoms with Crippen molar-refractivity contribution in [3.63, 3.8) is 0 Å². The fraction of sp³-hybridized carbons (Fsp3) is 0.400. The molecule has 0 amide bonds. The van der Waals surface area contributed by atoms with Gasteiger partial charge in [0.2, 0.25) is 0 Å². The van der Waals surface area contributed by atoms with Crippen molar-refractivity contribution in [1.82, 2.24) is 5.43 Å². The van der Waals surface area contributed by atoms with Crippen molar-refractivity contribution in [2.75, 3.05) is 0 Å². The summed E-state index contributed by atoms with van der Waals surface area (Å²) in [5, 5.41) is 5.13. The van der Waals surface area contributed by atoms with Gasteiger partial charge < -0.3 is 0 Å². The van der Waals surface area contributed by atoms with E-state index in [1.54, 1.807) is 0 Å². The van der Waals surface area contributed by atoms with Crippen LogP contribution in [0.2, 0.25) is 5.02 Å². The summed E-state index contributed by atoms with van der Waals surface area (Å²) in [6.45, 7) is 10.4. The highest BCUT2D eigenvalue weighted by Crippen LogP contribution is 2.30. The van der Waals surface area contributed by atoms with E-state index < -0.39 is 0 Å². The highest BCUT2D eigenvalue weighted by Gasteiger charge is 2.18. The first-order chi connectivity index (χ1) is 8.38. The molecule has 1 aliphatic heterocycles. The predicted octanol–water partition coefficient (Wildman–Crippen LogP) is 4.24. The van der Waals surface area contributed by atoms with E-state index in [9.17, 15) is 0 Å². The summed E-state index contributed by atoms with van der Waals surface area (Å²) >= 11 is 6.37. The summed E-state index contributed by atoms with van der Waals surface area (Å²) in [4.78, 5) is 0. The highest BCUT2D eigenvalue weighted by atomic mass is 35.5. The second kappa shape index (κ2) is 4.77. The summed E-state index contributed by atoms with van der Waals surface area (Å²) in [7, 11) is 0. The zero-order valence-electron chi connectivity index (χ0n) is 11.2. The number of halogens is 1. The van der Waals surface area contributed by atoms with Crippen LogP contribution in [0.5, 0.6) is 0 Å². The molecule has 0 spiro atoms. The molecular formula is C15H19ClN2. The molecule has 0 atom stereocenters. The maximum Gasteiger partial charge on any atom is 0.0683 e. The first-order valence-electron chi connectivity index (χ1n) is 6.18. The van der Waals surface area contributed by atoms with Crippen LogP contribution in [-0.2, 0) is 5.41 Å². The van der Waals surface area contributed by atoms with Gasteiger partial charge in [0.25, 0.3) is 0 Å². The molecule has 1 aliphatic rings. The maximum atomic E-state index is 6.37. The third-order valence-corrected chi connectivity index (χ3v) is 3.44. The molecule has 1 N–H and O–H groups in total. The fourth-order valence-corrected chi connectivity index (χ4v) is 2.50. The largest absolute Gasteiger partial charge is 0.283 e. The van der Waals surface area contributed by atoms with Crippen molar-refractivity contribution in [3.05, 3.63) is 46.6 Å². The Bertz CT molecular complexity index is 510. The van der Waals surface area contributed by atoms with E-state index in [0.717, 1.165) is 34.8 Å². The van der Waals surface area contributed by atoms with Crippen LogP contribution in [-0.4, -0.2) is 5.71 Å². The minimum Gasteiger partial charge on any atom is -0.283 e. The summed E-state index contributed by atoms with van der Waals surface area (Å²) < 4.78 is 0. The number of benzene rings is 1. The van der Waals surface area contributed by atoms with Gasteiger partial charge in [0.05, 0.1) is 5.71 Å². The molecule has 0 fully saturated rings. The quantitative estimate of drug-likeness (QED) is 0.804. The predicted molar refractivity (Wildman–Crippen MR) is 78.2 cm³/mol. The lowest BCUT2D eigenvalue weighted by Crippen LogP contribution is -2.18. The van der Waals surface area contributed by atoms with Crippen LogP contribution >= 0.6 is 11.6 Å². The molecule has 0 aliphatic carbocycles. The molecule has 2 rings (SSSR count). The number of allylic oxidation sites excluding steroid dienone is 1. The van der Waals surface area contributed by atoms with Gasteiger partial charge >= 0.3 is 0 Å². The van der Waals surface area contributed by atoms with Crippen molar-refractivity contribution in [3.8, 4) is 0 Å².